The van der Waals surface area contributed by atoms with Crippen LogP contribution in [0.3, 0.4) is 0 Å². The Bertz CT molecular complexity index is 263. The van der Waals surface area contributed by atoms with Gasteiger partial charge in [0.15, 0.2) is 0 Å². The van der Waals surface area contributed by atoms with E-state index in [0.29, 0.717) is 0 Å². The summed E-state index contributed by atoms with van der Waals surface area (Å²) < 4.78 is 0. The molecule has 0 heterocycles. The van der Waals surface area contributed by atoms with E-state index in [-0.39, 0.29) is 21.1 Å². The van der Waals surface area contributed by atoms with E-state index in [4.69, 9.17) is 40.2 Å². The molecule has 0 N–H and O–H groups in total. The second kappa shape index (κ2) is 14.2. The topological polar surface area (TPSA) is 0 Å². The van der Waals surface area contributed by atoms with Crippen LogP contribution in [0.5, 0.6) is 0 Å². The minimum absolute atomic E-state index is 0. The molecule has 18 heavy (non-hydrogen) atoms. The van der Waals surface area contributed by atoms with Gasteiger partial charge in [-0.15, -0.1) is 0 Å². The third kappa shape index (κ3) is 25.6. The van der Waals surface area contributed by atoms with Crippen LogP contribution >= 0.6 is 40.2 Å². The normalized spacial score (nSPS) is 8.67. The molecular weight excluding hydrogens is 409 g/mol. The SMILES string of the molecule is [Cl][Al-]([Cl])([Cl])[Cl].[Mo].c1ccccc1.c1ccccc1. The molecule has 2 rings (SSSR count). The summed E-state index contributed by atoms with van der Waals surface area (Å²) >= 11 is 0. The van der Waals surface area contributed by atoms with Gasteiger partial charge in [-0.25, -0.2) is 0 Å². The molecule has 0 aromatic heterocycles. The van der Waals surface area contributed by atoms with Gasteiger partial charge in [0.2, 0.25) is 0 Å². The van der Waals surface area contributed by atoms with Crippen molar-refractivity contribution in [1.82, 2.24) is 0 Å². The van der Waals surface area contributed by atoms with Crippen molar-refractivity contribution in [3.63, 3.8) is 0 Å². The summed E-state index contributed by atoms with van der Waals surface area (Å²) in [6, 6.07) is 24.0. The van der Waals surface area contributed by atoms with Gasteiger partial charge >= 0.3 is 9.39 Å². The molecule has 98 valence electrons. The number of benzene rings is 2. The summed E-state index contributed by atoms with van der Waals surface area (Å²) in [6.07, 6.45) is 0. The summed E-state index contributed by atoms with van der Waals surface area (Å²) in [5.41, 5.74) is 0. The third-order valence-electron chi connectivity index (χ3n) is 1.33. The molecule has 0 saturated heterocycles. The number of hydrogen-bond acceptors (Lipinski definition) is 0. The minimum Gasteiger partial charge on any atom is -0.391 e. The first-order valence-electron chi connectivity index (χ1n) is 4.87. The van der Waals surface area contributed by atoms with Crippen molar-refractivity contribution in [1.29, 1.82) is 0 Å². The molecule has 0 unspecified atom stereocenters. The monoisotopic (exact) mass is 421 g/mol. The predicted molar refractivity (Wildman–Crippen MR) is 82.1 cm³/mol. The average molecular weight is 421 g/mol. The van der Waals surface area contributed by atoms with Crippen LogP contribution in [0, 0.1) is 0 Å². The van der Waals surface area contributed by atoms with Crippen molar-refractivity contribution < 1.29 is 21.1 Å². The van der Waals surface area contributed by atoms with Gasteiger partial charge in [-0.1, -0.05) is 72.8 Å². The van der Waals surface area contributed by atoms with Gasteiger partial charge in [0.1, 0.15) is 0 Å². The molecule has 0 aliphatic heterocycles. The fraction of sp³-hybridized carbons (Fsp3) is 0. The Morgan fingerprint density at radius 1 is 0.389 bits per heavy atom. The van der Waals surface area contributed by atoms with Gasteiger partial charge in [0, 0.05) is 21.1 Å². The first kappa shape index (κ1) is 21.1. The summed E-state index contributed by atoms with van der Waals surface area (Å²) in [4.78, 5) is 0. The van der Waals surface area contributed by atoms with Gasteiger partial charge in [0.25, 0.3) is 0 Å². The van der Waals surface area contributed by atoms with Gasteiger partial charge in [0.05, 0.1) is 0 Å². The van der Waals surface area contributed by atoms with Crippen LogP contribution in [0.25, 0.3) is 0 Å². The van der Waals surface area contributed by atoms with E-state index in [2.05, 4.69) is 0 Å². The van der Waals surface area contributed by atoms with Crippen LogP contribution in [-0.4, -0.2) is 9.39 Å². The molecule has 0 atom stereocenters. The van der Waals surface area contributed by atoms with E-state index in [9.17, 15) is 0 Å². The fourth-order valence-electron chi connectivity index (χ4n) is 0.770. The molecule has 0 aliphatic rings. The number of hydrogen-bond donors (Lipinski definition) is 0. The summed E-state index contributed by atoms with van der Waals surface area (Å²) in [7, 11) is 17.0. The molecule has 2 aromatic rings. The molecule has 0 saturated carbocycles. The van der Waals surface area contributed by atoms with Crippen molar-refractivity contribution >= 4 is 49.6 Å². The number of halogens is 4. The van der Waals surface area contributed by atoms with Gasteiger partial charge in [-0.3, -0.25) is 0 Å². The maximum Gasteiger partial charge on any atom is 0.564 e. The summed E-state index contributed by atoms with van der Waals surface area (Å²) in [5.74, 6) is 0. The molecule has 0 amide bonds. The minimum atomic E-state index is -2.94. The molecule has 0 aliphatic carbocycles. The largest absolute Gasteiger partial charge is 0.564 e. The van der Waals surface area contributed by atoms with Gasteiger partial charge in [-0.2, -0.15) is 0 Å². The zero-order valence-corrected chi connectivity index (χ0v) is 15.6. The quantitative estimate of drug-likeness (QED) is 0.476. The Morgan fingerprint density at radius 3 is 0.500 bits per heavy atom. The Morgan fingerprint density at radius 2 is 0.444 bits per heavy atom. The van der Waals surface area contributed by atoms with Gasteiger partial charge < -0.3 is 40.2 Å². The smallest absolute Gasteiger partial charge is 0.391 e. The zero-order valence-electron chi connectivity index (χ0n) is 9.43. The molecule has 0 fully saturated rings. The second-order valence-corrected chi connectivity index (χ2v) is 15.7. The Hall–Kier alpha value is 0.821. The Balaban J connectivity index is 0. The molecule has 6 heteroatoms. The van der Waals surface area contributed by atoms with Crippen LogP contribution in [0.2, 0.25) is 0 Å². The standard InChI is InChI=1S/2C6H6.Al.4ClH.Mo/c2*1-2-4-6-5-3-1;;;;;;/h2*1-6H;;4*1H;/q;;+3;;;;;/p-4. The average Bonchev–Trinajstić information content (AvgIpc) is 2.32. The molecule has 2 aromatic carbocycles. The van der Waals surface area contributed by atoms with Crippen molar-refractivity contribution in [2.45, 2.75) is 0 Å². The maximum atomic E-state index is 4.99. The van der Waals surface area contributed by atoms with Crippen LogP contribution < -0.4 is 0 Å². The fourth-order valence-corrected chi connectivity index (χ4v) is 0.770. The van der Waals surface area contributed by atoms with E-state index in [1.165, 1.54) is 0 Å². The van der Waals surface area contributed by atoms with E-state index in [1.807, 2.05) is 72.8 Å². The van der Waals surface area contributed by atoms with Crippen molar-refractivity contribution in [3.05, 3.63) is 72.8 Å². The van der Waals surface area contributed by atoms with Crippen LogP contribution in [0.15, 0.2) is 72.8 Å². The molecule has 0 nitrogen and oxygen atoms in total. The summed E-state index contributed by atoms with van der Waals surface area (Å²) in [6.45, 7) is 0. The maximum absolute atomic E-state index is 4.99. The first-order valence-corrected chi connectivity index (χ1v) is 11.9. The first-order chi connectivity index (χ1) is 8.00. The van der Waals surface area contributed by atoms with Crippen molar-refractivity contribution in [2.24, 2.45) is 0 Å². The van der Waals surface area contributed by atoms with E-state index < -0.39 is 9.39 Å². The Labute approximate surface area is 142 Å². The molecule has 0 bridgehead atoms. The molecule has 0 spiro atoms. The van der Waals surface area contributed by atoms with Gasteiger partial charge in [-0.05, 0) is 0 Å². The van der Waals surface area contributed by atoms with Crippen LogP contribution in [0.1, 0.15) is 0 Å². The molecule has 0 radical (unpaired) electrons. The summed E-state index contributed by atoms with van der Waals surface area (Å²) in [5, 5.41) is 0. The van der Waals surface area contributed by atoms with Crippen LogP contribution in [0.4, 0.5) is 0 Å². The third-order valence-corrected chi connectivity index (χ3v) is 1.33. The van der Waals surface area contributed by atoms with Crippen LogP contribution in [-0.2, 0) is 21.1 Å². The van der Waals surface area contributed by atoms with E-state index in [0.717, 1.165) is 0 Å². The van der Waals surface area contributed by atoms with E-state index in [1.54, 1.807) is 0 Å². The number of rotatable bonds is 0. The Kier molecular flexibility index (Phi) is 16.7. The van der Waals surface area contributed by atoms with E-state index >= 15 is 0 Å². The second-order valence-electron chi connectivity index (χ2n) is 2.80. The predicted octanol–water partition coefficient (Wildman–Crippen LogP) is 5.75. The zero-order chi connectivity index (χ0) is 13.0. The molecular formula is C12H12AlCl4Mo-. The van der Waals surface area contributed by atoms with Crippen molar-refractivity contribution in [2.75, 3.05) is 0 Å². The van der Waals surface area contributed by atoms with Crippen molar-refractivity contribution in [3.8, 4) is 0 Å².